The van der Waals surface area contributed by atoms with E-state index in [0.717, 1.165) is 19.6 Å². The lowest BCUT2D eigenvalue weighted by molar-refractivity contribution is 0.0164. The lowest BCUT2D eigenvalue weighted by Crippen LogP contribution is -2.09. The van der Waals surface area contributed by atoms with Gasteiger partial charge in [0.15, 0.2) is 0 Å². The van der Waals surface area contributed by atoms with Crippen LogP contribution in [0.3, 0.4) is 0 Å². The van der Waals surface area contributed by atoms with E-state index in [-0.39, 0.29) is 6.61 Å². The first-order valence-corrected chi connectivity index (χ1v) is 6.71. The van der Waals surface area contributed by atoms with Crippen molar-refractivity contribution in [1.29, 1.82) is 0 Å². The van der Waals surface area contributed by atoms with Gasteiger partial charge in [0.05, 0.1) is 39.1 Å². The van der Waals surface area contributed by atoms with Crippen molar-refractivity contribution in [3.63, 3.8) is 0 Å². The molecule has 5 heteroatoms. The summed E-state index contributed by atoms with van der Waals surface area (Å²) in [6, 6.07) is 0. The van der Waals surface area contributed by atoms with E-state index in [4.69, 9.17) is 24.4 Å². The number of rotatable bonds is 11. The molecule has 18 heavy (non-hydrogen) atoms. The fourth-order valence-electron chi connectivity index (χ4n) is 0.831. The Balaban J connectivity index is 0. The Kier molecular flexibility index (Phi) is 21.4. The summed E-state index contributed by atoms with van der Waals surface area (Å²) < 4.78 is 15.7. The van der Waals surface area contributed by atoms with Crippen LogP contribution in [0, 0.1) is 0 Å². The van der Waals surface area contributed by atoms with Crippen molar-refractivity contribution in [3.8, 4) is 0 Å². The molecule has 0 bridgehead atoms. The second-order valence-electron chi connectivity index (χ2n) is 3.81. The third-order valence-corrected chi connectivity index (χ3v) is 1.85. The first kappa shape index (κ1) is 20.1. The number of aliphatic hydroxyl groups excluding tert-OH is 2. The van der Waals surface area contributed by atoms with Gasteiger partial charge in [0.2, 0.25) is 0 Å². The molecule has 0 aliphatic rings. The molecule has 0 saturated heterocycles. The second kappa shape index (κ2) is 19.1. The minimum Gasteiger partial charge on any atom is -0.394 e. The largest absolute Gasteiger partial charge is 0.394 e. The van der Waals surface area contributed by atoms with Gasteiger partial charge in [-0.1, -0.05) is 13.3 Å². The Morgan fingerprint density at radius 1 is 0.889 bits per heavy atom. The minimum atomic E-state index is -0.560. The van der Waals surface area contributed by atoms with Crippen LogP contribution in [0.2, 0.25) is 0 Å². The Hall–Kier alpha value is -0.200. The molecule has 0 aliphatic heterocycles. The van der Waals surface area contributed by atoms with Crippen LogP contribution in [0.5, 0.6) is 0 Å². The highest BCUT2D eigenvalue weighted by Crippen LogP contribution is 1.87. The number of unbranched alkanes of at least 4 members (excludes halogenated alkanes) is 1. The first-order chi connectivity index (χ1) is 8.68. The van der Waals surface area contributed by atoms with E-state index in [9.17, 15) is 0 Å². The van der Waals surface area contributed by atoms with Crippen molar-refractivity contribution in [2.45, 2.75) is 39.7 Å². The predicted octanol–water partition coefficient (Wildman–Crippen LogP) is 1.22. The topological polar surface area (TPSA) is 68.2 Å². The quantitative estimate of drug-likeness (QED) is 0.550. The molecular formula is C13H30O5. The normalized spacial score (nSPS) is 11.8. The van der Waals surface area contributed by atoms with Gasteiger partial charge in [-0.15, -0.1) is 0 Å². The third-order valence-electron chi connectivity index (χ3n) is 1.85. The summed E-state index contributed by atoms with van der Waals surface area (Å²) >= 11 is 0. The van der Waals surface area contributed by atoms with Gasteiger partial charge in [-0.05, 0) is 20.3 Å². The maximum absolute atomic E-state index is 8.11. The lowest BCUT2D eigenvalue weighted by Gasteiger charge is -2.05. The molecule has 0 radical (unpaired) electrons. The van der Waals surface area contributed by atoms with Crippen LogP contribution in [0.1, 0.15) is 33.6 Å². The summed E-state index contributed by atoms with van der Waals surface area (Å²) in [5.74, 6) is 0. The molecule has 2 N–H and O–H groups in total. The zero-order valence-electron chi connectivity index (χ0n) is 12.1. The number of aliphatic hydroxyl groups is 2. The molecule has 1 unspecified atom stereocenters. The molecule has 5 nitrogen and oxygen atoms in total. The molecule has 0 aromatic rings. The molecule has 0 fully saturated rings. The zero-order chi connectivity index (χ0) is 14.1. The summed E-state index contributed by atoms with van der Waals surface area (Å²) in [5, 5.41) is 16.0. The van der Waals surface area contributed by atoms with Crippen LogP contribution in [-0.4, -0.2) is 62.6 Å². The van der Waals surface area contributed by atoms with Crippen LogP contribution in [-0.2, 0) is 14.2 Å². The molecule has 0 heterocycles. The maximum Gasteiger partial charge on any atom is 0.0742 e. The van der Waals surface area contributed by atoms with Crippen molar-refractivity contribution in [2.24, 2.45) is 0 Å². The van der Waals surface area contributed by atoms with Gasteiger partial charge in [0.1, 0.15) is 0 Å². The van der Waals surface area contributed by atoms with E-state index in [1.807, 2.05) is 6.92 Å². The van der Waals surface area contributed by atoms with Crippen molar-refractivity contribution < 1.29 is 24.4 Å². The molecule has 0 aliphatic carbocycles. The van der Waals surface area contributed by atoms with Crippen LogP contribution >= 0.6 is 0 Å². The number of ether oxygens (including phenoxy) is 3. The van der Waals surface area contributed by atoms with Crippen molar-refractivity contribution in [2.75, 3.05) is 46.2 Å². The highest BCUT2D eigenvalue weighted by molar-refractivity contribution is 4.34. The van der Waals surface area contributed by atoms with Crippen LogP contribution in [0.15, 0.2) is 0 Å². The monoisotopic (exact) mass is 266 g/mol. The van der Waals surface area contributed by atoms with Crippen molar-refractivity contribution in [1.82, 2.24) is 0 Å². The number of hydrogen-bond acceptors (Lipinski definition) is 5. The van der Waals surface area contributed by atoms with E-state index in [0.29, 0.717) is 26.4 Å². The predicted molar refractivity (Wildman–Crippen MR) is 71.8 cm³/mol. The summed E-state index contributed by atoms with van der Waals surface area (Å²) in [6.07, 6.45) is 1.76. The van der Waals surface area contributed by atoms with Gasteiger partial charge in [-0.25, -0.2) is 0 Å². The second-order valence-corrected chi connectivity index (χ2v) is 3.81. The smallest absolute Gasteiger partial charge is 0.0742 e. The van der Waals surface area contributed by atoms with Gasteiger partial charge in [-0.2, -0.15) is 0 Å². The van der Waals surface area contributed by atoms with E-state index in [2.05, 4.69) is 6.92 Å². The van der Waals surface area contributed by atoms with Crippen molar-refractivity contribution >= 4 is 0 Å². The Morgan fingerprint density at radius 2 is 1.33 bits per heavy atom. The lowest BCUT2D eigenvalue weighted by atomic mass is 10.4. The molecule has 1 atom stereocenters. The molecule has 0 aromatic heterocycles. The molecule has 112 valence electrons. The van der Waals surface area contributed by atoms with Crippen LogP contribution in [0.4, 0.5) is 0 Å². The molecule has 0 rings (SSSR count). The Labute approximate surface area is 111 Å². The molecular weight excluding hydrogens is 236 g/mol. The van der Waals surface area contributed by atoms with Gasteiger partial charge in [0, 0.05) is 13.2 Å². The summed E-state index contributed by atoms with van der Waals surface area (Å²) in [7, 11) is 0. The highest BCUT2D eigenvalue weighted by atomic mass is 16.5. The first-order valence-electron chi connectivity index (χ1n) is 6.71. The Morgan fingerprint density at radius 3 is 1.72 bits per heavy atom. The summed E-state index contributed by atoms with van der Waals surface area (Å²) in [4.78, 5) is 0. The Bertz CT molecular complexity index is 121. The van der Waals surface area contributed by atoms with Gasteiger partial charge >= 0.3 is 0 Å². The van der Waals surface area contributed by atoms with Gasteiger partial charge < -0.3 is 24.4 Å². The van der Waals surface area contributed by atoms with Crippen LogP contribution in [0.25, 0.3) is 0 Å². The average molecular weight is 266 g/mol. The summed E-state index contributed by atoms with van der Waals surface area (Å²) in [6.45, 7) is 9.87. The molecule has 0 saturated carbocycles. The van der Waals surface area contributed by atoms with Gasteiger partial charge in [0.25, 0.3) is 0 Å². The zero-order valence-corrected chi connectivity index (χ0v) is 12.1. The van der Waals surface area contributed by atoms with E-state index < -0.39 is 6.10 Å². The molecule has 0 spiro atoms. The van der Waals surface area contributed by atoms with Gasteiger partial charge in [-0.3, -0.25) is 0 Å². The minimum absolute atomic E-state index is 0.139. The van der Waals surface area contributed by atoms with Crippen molar-refractivity contribution in [3.05, 3.63) is 0 Å². The number of hydrogen-bond donors (Lipinski definition) is 2. The average Bonchev–Trinajstić information content (AvgIpc) is 2.37. The maximum atomic E-state index is 8.11. The fraction of sp³-hybridized carbons (Fsp3) is 1.00. The molecule has 0 amide bonds. The van der Waals surface area contributed by atoms with Crippen LogP contribution < -0.4 is 0 Å². The fourth-order valence-corrected chi connectivity index (χ4v) is 0.831. The molecule has 0 aromatic carbocycles. The highest BCUT2D eigenvalue weighted by Gasteiger charge is 1.89. The summed E-state index contributed by atoms with van der Waals surface area (Å²) in [5.41, 5.74) is 0. The van der Waals surface area contributed by atoms with E-state index >= 15 is 0 Å². The van der Waals surface area contributed by atoms with E-state index in [1.165, 1.54) is 13.3 Å². The standard InChI is InChI=1S/C10H22O3.C3H8O2/c1-3-5-6-12-9-10-13-8-7-11-4-2;1-3(5)2-4/h3-10H2,1-2H3;3-5H,2H2,1H3. The van der Waals surface area contributed by atoms with E-state index in [1.54, 1.807) is 0 Å². The third kappa shape index (κ3) is 24.9. The SMILES string of the molecule is CC(O)CO.CCCCOCCOCCOCC.